The van der Waals surface area contributed by atoms with Gasteiger partial charge in [0.1, 0.15) is 11.2 Å². The van der Waals surface area contributed by atoms with Gasteiger partial charge in [0.2, 0.25) is 5.43 Å². The molecule has 0 aliphatic carbocycles. The minimum atomic E-state index is -0.146. The first-order chi connectivity index (χ1) is 21.5. The molecule has 210 valence electrons. The molecule has 0 spiro atoms. The first kappa shape index (κ1) is 24.9. The van der Waals surface area contributed by atoms with Crippen molar-refractivity contribution >= 4 is 60.8 Å². The van der Waals surface area contributed by atoms with Gasteiger partial charge in [0, 0.05) is 39.7 Å². The Labute approximate surface area is 254 Å². The molecule has 9 rings (SSSR count). The van der Waals surface area contributed by atoms with Crippen molar-refractivity contribution in [3.05, 3.63) is 155 Å². The molecule has 0 radical (unpaired) electrons. The summed E-state index contributed by atoms with van der Waals surface area (Å²) in [6.07, 6.45) is 0. The highest BCUT2D eigenvalue weighted by molar-refractivity contribution is 6.09. The average Bonchev–Trinajstić information content (AvgIpc) is 3.39. The average molecular weight is 569 g/mol. The quantitative estimate of drug-likeness (QED) is 0.195. The van der Waals surface area contributed by atoms with Gasteiger partial charge in [0.05, 0.1) is 33.2 Å². The van der Waals surface area contributed by atoms with E-state index in [1.54, 1.807) is 0 Å². The molecule has 6 aromatic carbocycles. The summed E-state index contributed by atoms with van der Waals surface area (Å²) < 4.78 is 8.84. The standard InChI is InChI=1S/C40H28N2O2/c1-40(2)31-13-5-9-17-35(31)42(36-18-10-6-14-32(36)40)26-20-22-30-38(24-26)44-37-23-25(19-21-29(37)39(30)43)41-33-15-7-3-11-27(33)28-12-4-8-16-34(28)41/h3-24H,1-2H3. The molecule has 3 heterocycles. The molecule has 2 aromatic heterocycles. The van der Waals surface area contributed by atoms with Crippen molar-refractivity contribution in [2.45, 2.75) is 19.3 Å². The molecule has 1 aliphatic rings. The number of nitrogens with zero attached hydrogens (tertiary/aromatic N) is 2. The topological polar surface area (TPSA) is 38.4 Å². The monoisotopic (exact) mass is 568 g/mol. The fourth-order valence-electron chi connectivity index (χ4n) is 7.26. The van der Waals surface area contributed by atoms with Crippen LogP contribution in [0.1, 0.15) is 25.0 Å². The van der Waals surface area contributed by atoms with Gasteiger partial charge in [-0.1, -0.05) is 86.6 Å². The van der Waals surface area contributed by atoms with Gasteiger partial charge in [-0.25, -0.2) is 0 Å². The highest BCUT2D eigenvalue weighted by Crippen LogP contribution is 2.51. The molecule has 44 heavy (non-hydrogen) atoms. The predicted octanol–water partition coefficient (Wildman–Crippen LogP) is 10.2. The predicted molar refractivity (Wildman–Crippen MR) is 181 cm³/mol. The fourth-order valence-corrected chi connectivity index (χ4v) is 7.26. The Balaban J connectivity index is 1.26. The van der Waals surface area contributed by atoms with Crippen LogP contribution < -0.4 is 10.3 Å². The molecule has 0 saturated heterocycles. The lowest BCUT2D eigenvalue weighted by Gasteiger charge is -2.42. The third-order valence-corrected chi connectivity index (χ3v) is 9.37. The van der Waals surface area contributed by atoms with Gasteiger partial charge >= 0.3 is 0 Å². The van der Waals surface area contributed by atoms with Crippen LogP contribution in [0.3, 0.4) is 0 Å². The van der Waals surface area contributed by atoms with Gasteiger partial charge in [-0.05, 0) is 59.7 Å². The van der Waals surface area contributed by atoms with Crippen LogP contribution in [0.5, 0.6) is 0 Å². The molecule has 0 saturated carbocycles. The molecule has 0 fully saturated rings. The van der Waals surface area contributed by atoms with Crippen molar-refractivity contribution in [3.8, 4) is 5.69 Å². The number of para-hydroxylation sites is 4. The van der Waals surface area contributed by atoms with Crippen LogP contribution in [0.2, 0.25) is 0 Å². The number of hydrogen-bond acceptors (Lipinski definition) is 3. The van der Waals surface area contributed by atoms with Crippen LogP contribution in [0.4, 0.5) is 17.1 Å². The highest BCUT2D eigenvalue weighted by Gasteiger charge is 2.36. The molecule has 1 aliphatic heterocycles. The van der Waals surface area contributed by atoms with Gasteiger partial charge in [0.25, 0.3) is 0 Å². The highest BCUT2D eigenvalue weighted by atomic mass is 16.3. The Kier molecular flexibility index (Phi) is 5.07. The van der Waals surface area contributed by atoms with Gasteiger partial charge < -0.3 is 13.9 Å². The molecule has 0 unspecified atom stereocenters. The molecule has 0 bridgehead atoms. The van der Waals surface area contributed by atoms with Crippen LogP contribution in [-0.4, -0.2) is 4.57 Å². The summed E-state index contributed by atoms with van der Waals surface area (Å²) in [4.78, 5) is 16.1. The SMILES string of the molecule is CC1(C)c2ccccc2N(c2ccc3c(=O)c4ccc(-n5c6ccccc6c6ccccc65)cc4oc3c2)c2ccccc21. The Bertz CT molecular complexity index is 2410. The first-order valence-electron chi connectivity index (χ1n) is 15.0. The molecule has 4 heteroatoms. The maximum absolute atomic E-state index is 13.8. The zero-order valence-corrected chi connectivity index (χ0v) is 24.4. The van der Waals surface area contributed by atoms with E-state index in [0.717, 1.165) is 33.8 Å². The second-order valence-corrected chi connectivity index (χ2v) is 12.2. The maximum atomic E-state index is 13.8. The molecule has 0 N–H and O–H groups in total. The van der Waals surface area contributed by atoms with Crippen molar-refractivity contribution in [2.24, 2.45) is 0 Å². The zero-order chi connectivity index (χ0) is 29.6. The summed E-state index contributed by atoms with van der Waals surface area (Å²) in [7, 11) is 0. The number of rotatable bonds is 2. The van der Waals surface area contributed by atoms with Gasteiger partial charge in [-0.2, -0.15) is 0 Å². The number of hydrogen-bond donors (Lipinski definition) is 0. The number of aromatic nitrogens is 1. The fraction of sp³-hybridized carbons (Fsp3) is 0.0750. The number of fused-ring (bicyclic) bond motifs is 7. The summed E-state index contributed by atoms with van der Waals surface area (Å²) in [6, 6.07) is 45.8. The lowest BCUT2D eigenvalue weighted by molar-refractivity contribution is 0.631. The minimum absolute atomic E-state index is 0.0258. The van der Waals surface area contributed by atoms with Crippen LogP contribution in [0.25, 0.3) is 49.4 Å². The van der Waals surface area contributed by atoms with Gasteiger partial charge in [-0.15, -0.1) is 0 Å². The Hall–Kier alpha value is -5.61. The molecular formula is C40H28N2O2. The summed E-state index contributed by atoms with van der Waals surface area (Å²) in [5.74, 6) is 0. The third kappa shape index (κ3) is 3.36. The van der Waals surface area contributed by atoms with E-state index in [-0.39, 0.29) is 10.8 Å². The van der Waals surface area contributed by atoms with Gasteiger partial charge in [0.15, 0.2) is 0 Å². The molecule has 0 atom stereocenters. The normalized spacial score (nSPS) is 13.9. The molecule has 0 amide bonds. The van der Waals surface area contributed by atoms with Crippen molar-refractivity contribution in [3.63, 3.8) is 0 Å². The van der Waals surface area contributed by atoms with Crippen LogP contribution >= 0.6 is 0 Å². The Morgan fingerprint density at radius 3 is 1.59 bits per heavy atom. The molecule has 4 nitrogen and oxygen atoms in total. The van der Waals surface area contributed by atoms with E-state index in [2.05, 4.69) is 120 Å². The summed E-state index contributed by atoms with van der Waals surface area (Å²) in [5.41, 5.74) is 9.88. The van der Waals surface area contributed by atoms with Crippen LogP contribution in [-0.2, 0) is 5.41 Å². The van der Waals surface area contributed by atoms with E-state index in [4.69, 9.17) is 4.42 Å². The minimum Gasteiger partial charge on any atom is -0.456 e. The van der Waals surface area contributed by atoms with Crippen molar-refractivity contribution in [1.82, 2.24) is 4.57 Å². The molecule has 8 aromatic rings. The Morgan fingerprint density at radius 2 is 1.00 bits per heavy atom. The van der Waals surface area contributed by atoms with E-state index < -0.39 is 0 Å². The summed E-state index contributed by atoms with van der Waals surface area (Å²) in [6.45, 7) is 4.56. The van der Waals surface area contributed by atoms with Crippen molar-refractivity contribution in [2.75, 3.05) is 4.90 Å². The summed E-state index contributed by atoms with van der Waals surface area (Å²) >= 11 is 0. The lowest BCUT2D eigenvalue weighted by atomic mass is 9.73. The van der Waals surface area contributed by atoms with Gasteiger partial charge in [-0.3, -0.25) is 4.79 Å². The van der Waals surface area contributed by atoms with E-state index in [9.17, 15) is 4.79 Å². The zero-order valence-electron chi connectivity index (χ0n) is 24.4. The van der Waals surface area contributed by atoms with Crippen molar-refractivity contribution < 1.29 is 4.42 Å². The molecular weight excluding hydrogens is 540 g/mol. The van der Waals surface area contributed by atoms with Crippen LogP contribution in [0, 0.1) is 0 Å². The first-order valence-corrected chi connectivity index (χ1v) is 15.0. The second kappa shape index (κ2) is 8.95. The second-order valence-electron chi connectivity index (χ2n) is 12.2. The maximum Gasteiger partial charge on any atom is 0.200 e. The smallest absolute Gasteiger partial charge is 0.200 e. The number of anilines is 3. The van der Waals surface area contributed by atoms with E-state index in [1.165, 1.54) is 21.9 Å². The van der Waals surface area contributed by atoms with E-state index >= 15 is 0 Å². The lowest BCUT2D eigenvalue weighted by Crippen LogP contribution is -2.30. The largest absolute Gasteiger partial charge is 0.456 e. The third-order valence-electron chi connectivity index (χ3n) is 9.37. The van der Waals surface area contributed by atoms with E-state index in [0.29, 0.717) is 21.9 Å². The van der Waals surface area contributed by atoms with Crippen LogP contribution in [0.15, 0.2) is 143 Å². The Morgan fingerprint density at radius 1 is 0.523 bits per heavy atom. The number of benzene rings is 6. The van der Waals surface area contributed by atoms with Crippen molar-refractivity contribution in [1.29, 1.82) is 0 Å². The summed E-state index contributed by atoms with van der Waals surface area (Å²) in [5, 5.41) is 3.53. The van der Waals surface area contributed by atoms with E-state index in [1.807, 2.05) is 36.4 Å².